The van der Waals surface area contributed by atoms with E-state index >= 15 is 0 Å². The van der Waals surface area contributed by atoms with Crippen LogP contribution in [0.4, 0.5) is 0 Å². The topological polar surface area (TPSA) is 91.1 Å². The number of halogens is 1. The normalized spacial score (nSPS) is 21.5. The number of piperidine rings is 1. The first-order valence-electron chi connectivity index (χ1n) is 8.14. The molecule has 3 heterocycles. The first-order valence-corrected chi connectivity index (χ1v) is 8.52. The third-order valence-corrected chi connectivity index (χ3v) is 4.70. The van der Waals surface area contributed by atoms with Gasteiger partial charge >= 0.3 is 0 Å². The van der Waals surface area contributed by atoms with Gasteiger partial charge in [-0.15, -0.1) is 0 Å². The summed E-state index contributed by atoms with van der Waals surface area (Å²) in [4.78, 5) is 6.48. The lowest BCUT2D eigenvalue weighted by atomic mass is 9.90. The fraction of sp³-hybridized carbons (Fsp3) is 0.353. The second kappa shape index (κ2) is 6.59. The zero-order valence-corrected chi connectivity index (χ0v) is 14.3. The Labute approximate surface area is 149 Å². The quantitative estimate of drug-likeness (QED) is 0.744. The van der Waals surface area contributed by atoms with Gasteiger partial charge in [-0.2, -0.15) is 15.4 Å². The van der Waals surface area contributed by atoms with Crippen molar-refractivity contribution in [1.82, 2.24) is 25.3 Å². The van der Waals surface area contributed by atoms with Crippen molar-refractivity contribution in [3.8, 4) is 11.3 Å². The van der Waals surface area contributed by atoms with Crippen LogP contribution in [0.1, 0.15) is 24.4 Å². The molecule has 0 saturated carbocycles. The number of oxazole rings is 1. The highest BCUT2D eigenvalue weighted by atomic mass is 35.5. The summed E-state index contributed by atoms with van der Waals surface area (Å²) in [7, 11) is 0. The van der Waals surface area contributed by atoms with E-state index in [2.05, 4.69) is 25.3 Å². The van der Waals surface area contributed by atoms with E-state index in [1.54, 1.807) is 12.4 Å². The van der Waals surface area contributed by atoms with Crippen molar-refractivity contribution in [2.24, 2.45) is 0 Å². The number of likely N-dealkylation sites (tertiary alicyclic amines) is 1. The number of β-amino-alcohol motifs (C(OH)–C–C–N with tert-alkyl or cyclic N) is 1. The summed E-state index contributed by atoms with van der Waals surface area (Å²) in [6, 6.07) is 7.47. The van der Waals surface area contributed by atoms with E-state index in [0.717, 1.165) is 18.5 Å². The summed E-state index contributed by atoms with van der Waals surface area (Å²) in [6.07, 6.45) is 4.81. The Bertz CT molecular complexity index is 850. The maximum atomic E-state index is 10.9. The molecule has 0 radical (unpaired) electrons. The van der Waals surface area contributed by atoms with Crippen LogP contribution in [0.25, 0.3) is 11.3 Å². The number of aliphatic hydroxyl groups is 1. The maximum Gasteiger partial charge on any atom is 0.209 e. The van der Waals surface area contributed by atoms with Crippen molar-refractivity contribution >= 4 is 11.6 Å². The summed E-state index contributed by atoms with van der Waals surface area (Å²) in [5.74, 6) is 1.29. The zero-order chi connectivity index (χ0) is 17.3. The largest absolute Gasteiger partial charge is 0.439 e. The van der Waals surface area contributed by atoms with Gasteiger partial charge in [0.1, 0.15) is 11.3 Å². The SMILES string of the molecule is OC1(c2cn[nH]n2)CCCN(Cc2ncc(-c3cccc(Cl)c3)o2)C1. The minimum absolute atomic E-state index is 0.467. The Morgan fingerprint density at radius 1 is 1.36 bits per heavy atom. The number of hydrogen-bond donors (Lipinski definition) is 2. The number of H-pyrrole nitrogens is 1. The smallest absolute Gasteiger partial charge is 0.209 e. The Hall–Kier alpha value is -2.22. The number of nitrogens with zero attached hydrogens (tertiary/aromatic N) is 4. The van der Waals surface area contributed by atoms with Gasteiger partial charge in [0, 0.05) is 17.1 Å². The predicted octanol–water partition coefficient (Wildman–Crippen LogP) is 2.60. The number of aromatic amines is 1. The first-order chi connectivity index (χ1) is 12.1. The molecule has 1 saturated heterocycles. The molecule has 1 unspecified atom stereocenters. The van der Waals surface area contributed by atoms with Crippen LogP contribution in [-0.4, -0.2) is 43.5 Å². The molecule has 1 aliphatic heterocycles. The maximum absolute atomic E-state index is 10.9. The van der Waals surface area contributed by atoms with Crippen LogP contribution in [-0.2, 0) is 12.1 Å². The molecule has 2 aromatic heterocycles. The lowest BCUT2D eigenvalue weighted by Gasteiger charge is -2.37. The van der Waals surface area contributed by atoms with E-state index < -0.39 is 5.60 Å². The third-order valence-electron chi connectivity index (χ3n) is 4.46. The first kappa shape index (κ1) is 16.3. The van der Waals surface area contributed by atoms with Gasteiger partial charge in [0.15, 0.2) is 5.76 Å². The van der Waals surface area contributed by atoms with E-state index in [1.807, 2.05) is 24.3 Å². The molecule has 0 aliphatic carbocycles. The summed E-state index contributed by atoms with van der Waals surface area (Å²) in [5, 5.41) is 21.9. The van der Waals surface area contributed by atoms with Crippen molar-refractivity contribution < 1.29 is 9.52 Å². The molecule has 7 nitrogen and oxygen atoms in total. The van der Waals surface area contributed by atoms with E-state index in [-0.39, 0.29) is 0 Å². The number of rotatable bonds is 4. The molecule has 2 N–H and O–H groups in total. The van der Waals surface area contributed by atoms with Gasteiger partial charge < -0.3 is 9.52 Å². The fourth-order valence-corrected chi connectivity index (χ4v) is 3.43. The van der Waals surface area contributed by atoms with E-state index in [9.17, 15) is 5.11 Å². The zero-order valence-electron chi connectivity index (χ0n) is 13.5. The summed E-state index contributed by atoms with van der Waals surface area (Å²) < 4.78 is 5.86. The molecule has 0 amide bonds. The Morgan fingerprint density at radius 2 is 2.28 bits per heavy atom. The van der Waals surface area contributed by atoms with Crippen LogP contribution in [0.3, 0.4) is 0 Å². The minimum Gasteiger partial charge on any atom is -0.439 e. The van der Waals surface area contributed by atoms with Crippen molar-refractivity contribution in [2.45, 2.75) is 25.0 Å². The fourth-order valence-electron chi connectivity index (χ4n) is 3.24. The molecule has 8 heteroatoms. The predicted molar refractivity (Wildman–Crippen MR) is 91.7 cm³/mol. The lowest BCUT2D eigenvalue weighted by molar-refractivity contribution is -0.0432. The van der Waals surface area contributed by atoms with Crippen LogP contribution in [0.5, 0.6) is 0 Å². The molecule has 1 aliphatic rings. The standard InChI is InChI=1S/C17H18ClN5O2/c18-13-4-1-3-12(7-13)14-8-19-16(25-14)10-23-6-2-5-17(24,11-23)15-9-20-22-21-15/h1,3-4,7-9,24H,2,5-6,10-11H2,(H,20,21,22). The average molecular weight is 360 g/mol. The van der Waals surface area contributed by atoms with E-state index in [0.29, 0.717) is 41.9 Å². The van der Waals surface area contributed by atoms with E-state index in [4.69, 9.17) is 16.0 Å². The highest BCUT2D eigenvalue weighted by molar-refractivity contribution is 6.30. The molecule has 0 bridgehead atoms. The second-order valence-corrected chi connectivity index (χ2v) is 6.77. The highest BCUT2D eigenvalue weighted by Gasteiger charge is 2.37. The molecular weight excluding hydrogens is 342 g/mol. The van der Waals surface area contributed by atoms with Crippen LogP contribution < -0.4 is 0 Å². The van der Waals surface area contributed by atoms with Gasteiger partial charge in [-0.1, -0.05) is 23.7 Å². The minimum atomic E-state index is -0.992. The van der Waals surface area contributed by atoms with Crippen LogP contribution in [0, 0.1) is 0 Å². The molecule has 1 aromatic carbocycles. The average Bonchev–Trinajstić information content (AvgIpc) is 3.27. The molecule has 1 atom stereocenters. The third kappa shape index (κ3) is 3.44. The number of nitrogens with one attached hydrogen (secondary N) is 1. The van der Waals surface area contributed by atoms with Gasteiger partial charge in [0.2, 0.25) is 5.89 Å². The molecule has 1 fully saturated rings. The summed E-state index contributed by atoms with van der Waals surface area (Å²) >= 11 is 6.03. The summed E-state index contributed by atoms with van der Waals surface area (Å²) in [5.41, 5.74) is 0.474. The van der Waals surface area contributed by atoms with E-state index in [1.165, 1.54) is 0 Å². The van der Waals surface area contributed by atoms with Crippen LogP contribution >= 0.6 is 11.6 Å². The second-order valence-electron chi connectivity index (χ2n) is 6.33. The summed E-state index contributed by atoms with van der Waals surface area (Å²) in [6.45, 7) is 1.87. The molecule has 130 valence electrons. The van der Waals surface area contributed by atoms with Crippen LogP contribution in [0.2, 0.25) is 5.02 Å². The van der Waals surface area contributed by atoms with Crippen molar-refractivity contribution in [2.75, 3.05) is 13.1 Å². The monoisotopic (exact) mass is 359 g/mol. The van der Waals surface area contributed by atoms with Gasteiger partial charge in [-0.05, 0) is 31.5 Å². The van der Waals surface area contributed by atoms with Gasteiger partial charge in [-0.25, -0.2) is 4.98 Å². The highest BCUT2D eigenvalue weighted by Crippen LogP contribution is 2.31. The molecule has 25 heavy (non-hydrogen) atoms. The molecule has 3 aromatic rings. The molecular formula is C17H18ClN5O2. The number of benzene rings is 1. The molecule has 4 rings (SSSR count). The number of aromatic nitrogens is 4. The van der Waals surface area contributed by atoms with Crippen molar-refractivity contribution in [3.63, 3.8) is 0 Å². The molecule has 0 spiro atoms. The van der Waals surface area contributed by atoms with Crippen LogP contribution in [0.15, 0.2) is 41.1 Å². The van der Waals surface area contributed by atoms with Gasteiger partial charge in [-0.3, -0.25) is 4.90 Å². The number of hydrogen-bond acceptors (Lipinski definition) is 6. The van der Waals surface area contributed by atoms with Gasteiger partial charge in [0.05, 0.1) is 18.9 Å². The Morgan fingerprint density at radius 3 is 3.08 bits per heavy atom. The van der Waals surface area contributed by atoms with Crippen molar-refractivity contribution in [3.05, 3.63) is 53.3 Å². The Balaban J connectivity index is 1.47. The Kier molecular flexibility index (Phi) is 4.29. The van der Waals surface area contributed by atoms with Gasteiger partial charge in [0.25, 0.3) is 0 Å². The van der Waals surface area contributed by atoms with Crippen molar-refractivity contribution in [1.29, 1.82) is 0 Å². The lowest BCUT2D eigenvalue weighted by Crippen LogP contribution is -2.45.